The summed E-state index contributed by atoms with van der Waals surface area (Å²) >= 11 is 0. The van der Waals surface area contributed by atoms with E-state index in [0.717, 1.165) is 37.3 Å². The van der Waals surface area contributed by atoms with Gasteiger partial charge in [-0.1, -0.05) is 48.5 Å². The Morgan fingerprint density at radius 1 is 1.04 bits per heavy atom. The van der Waals surface area contributed by atoms with Crippen LogP contribution in [0.4, 0.5) is 0 Å². The molecule has 0 radical (unpaired) electrons. The third-order valence-electron chi connectivity index (χ3n) is 4.72. The summed E-state index contributed by atoms with van der Waals surface area (Å²) in [5.41, 5.74) is 1.85. The normalized spacial score (nSPS) is 16.4. The highest BCUT2D eigenvalue weighted by molar-refractivity contribution is 5.94. The third kappa shape index (κ3) is 5.39. The van der Waals surface area contributed by atoms with Crippen molar-refractivity contribution in [3.63, 3.8) is 0 Å². The van der Waals surface area contributed by atoms with Crippen LogP contribution >= 0.6 is 0 Å². The number of nitrogens with zero attached hydrogens (tertiary/aromatic N) is 1. The van der Waals surface area contributed by atoms with Crippen LogP contribution in [-0.4, -0.2) is 61.3 Å². The van der Waals surface area contributed by atoms with Gasteiger partial charge in [0.1, 0.15) is 12.6 Å². The van der Waals surface area contributed by atoms with Crippen LogP contribution < -0.4 is 4.90 Å². The van der Waals surface area contributed by atoms with Crippen LogP contribution in [0.15, 0.2) is 60.7 Å². The molecule has 2 aromatic rings. The van der Waals surface area contributed by atoms with Crippen molar-refractivity contribution in [2.45, 2.75) is 12.7 Å². The van der Waals surface area contributed by atoms with E-state index in [0.29, 0.717) is 19.8 Å². The molecule has 0 bridgehead atoms. The molecular weight excluding hydrogens is 328 g/mol. The largest absolute Gasteiger partial charge is 0.385 e. The standard InChI is InChI=1S/C21H26N2O3/c24-20(17-26-16-18-7-3-1-4-8-18)15-22-11-13-23(14-12-22)21(25)19-9-5-2-6-10-19/h1-10,20,24H,11-17H2/p+1/t20-/m1/s1. The van der Waals surface area contributed by atoms with Crippen molar-refractivity contribution in [2.24, 2.45) is 0 Å². The second kappa shape index (κ2) is 9.48. The number of carbonyl (C=O) groups excluding carboxylic acids is 1. The first kappa shape index (κ1) is 18.6. The first-order valence-corrected chi connectivity index (χ1v) is 9.20. The molecule has 1 fully saturated rings. The van der Waals surface area contributed by atoms with Crippen LogP contribution in [0, 0.1) is 0 Å². The Morgan fingerprint density at radius 2 is 1.65 bits per heavy atom. The summed E-state index contributed by atoms with van der Waals surface area (Å²) in [7, 11) is 0. The second-order valence-electron chi connectivity index (χ2n) is 6.77. The quantitative estimate of drug-likeness (QED) is 0.765. The van der Waals surface area contributed by atoms with E-state index in [1.54, 1.807) is 0 Å². The van der Waals surface area contributed by atoms with Crippen LogP contribution in [0.5, 0.6) is 0 Å². The van der Waals surface area contributed by atoms with Gasteiger partial charge in [-0.2, -0.15) is 0 Å². The Labute approximate surface area is 154 Å². The van der Waals surface area contributed by atoms with Gasteiger partial charge in [-0.05, 0) is 17.7 Å². The summed E-state index contributed by atoms with van der Waals surface area (Å²) in [5, 5.41) is 10.2. The van der Waals surface area contributed by atoms with Gasteiger partial charge in [-0.15, -0.1) is 0 Å². The van der Waals surface area contributed by atoms with E-state index >= 15 is 0 Å². The lowest BCUT2D eigenvalue weighted by Crippen LogP contribution is -3.15. The Kier molecular flexibility index (Phi) is 6.77. The van der Waals surface area contributed by atoms with Crippen LogP contribution in [-0.2, 0) is 11.3 Å². The van der Waals surface area contributed by atoms with Crippen molar-refractivity contribution in [3.8, 4) is 0 Å². The van der Waals surface area contributed by atoms with Crippen LogP contribution in [0.1, 0.15) is 15.9 Å². The fourth-order valence-corrected chi connectivity index (χ4v) is 3.27. The first-order chi connectivity index (χ1) is 12.7. The molecular formula is C21H27N2O3+. The Balaban J connectivity index is 1.36. The lowest BCUT2D eigenvalue weighted by molar-refractivity contribution is -0.907. The van der Waals surface area contributed by atoms with Crippen LogP contribution in [0.25, 0.3) is 0 Å². The minimum atomic E-state index is -0.481. The fourth-order valence-electron chi connectivity index (χ4n) is 3.27. The predicted octanol–water partition coefficient (Wildman–Crippen LogP) is 0.605. The summed E-state index contributed by atoms with van der Waals surface area (Å²) in [6, 6.07) is 19.4. The van der Waals surface area contributed by atoms with Gasteiger partial charge in [0.05, 0.1) is 39.4 Å². The molecule has 2 aromatic carbocycles. The van der Waals surface area contributed by atoms with E-state index in [9.17, 15) is 9.90 Å². The van der Waals surface area contributed by atoms with Gasteiger partial charge in [0.25, 0.3) is 5.91 Å². The maximum absolute atomic E-state index is 12.5. The molecule has 5 heteroatoms. The summed E-state index contributed by atoms with van der Waals surface area (Å²) in [6.07, 6.45) is -0.481. The van der Waals surface area contributed by atoms with E-state index in [1.165, 1.54) is 4.90 Å². The Morgan fingerprint density at radius 3 is 2.31 bits per heavy atom. The molecule has 1 saturated heterocycles. The van der Waals surface area contributed by atoms with Crippen molar-refractivity contribution in [1.29, 1.82) is 0 Å². The average Bonchev–Trinajstić information content (AvgIpc) is 2.69. The molecule has 1 aliphatic rings. The molecule has 3 rings (SSSR count). The summed E-state index contributed by atoms with van der Waals surface area (Å²) in [5.74, 6) is 0.0939. The highest BCUT2D eigenvalue weighted by Gasteiger charge is 2.25. The molecule has 0 saturated carbocycles. The number of rotatable bonds is 7. The summed E-state index contributed by atoms with van der Waals surface area (Å²) < 4.78 is 5.61. The highest BCUT2D eigenvalue weighted by atomic mass is 16.5. The van der Waals surface area contributed by atoms with Crippen LogP contribution in [0.2, 0.25) is 0 Å². The van der Waals surface area contributed by atoms with Crippen molar-refractivity contribution >= 4 is 5.91 Å². The van der Waals surface area contributed by atoms with E-state index in [4.69, 9.17) is 4.74 Å². The summed E-state index contributed by atoms with van der Waals surface area (Å²) in [4.78, 5) is 15.7. The first-order valence-electron chi connectivity index (χ1n) is 9.20. The number of ether oxygens (including phenoxy) is 1. The zero-order chi connectivity index (χ0) is 18.2. The molecule has 0 aromatic heterocycles. The third-order valence-corrected chi connectivity index (χ3v) is 4.72. The topological polar surface area (TPSA) is 54.2 Å². The van der Waals surface area contributed by atoms with Gasteiger partial charge in [0.2, 0.25) is 0 Å². The van der Waals surface area contributed by atoms with Gasteiger partial charge < -0.3 is 19.6 Å². The maximum Gasteiger partial charge on any atom is 0.254 e. The number of aliphatic hydroxyl groups excluding tert-OH is 1. The molecule has 138 valence electrons. The summed E-state index contributed by atoms with van der Waals surface area (Å²) in [6.45, 7) is 4.67. The lowest BCUT2D eigenvalue weighted by atomic mass is 10.2. The number of nitrogens with one attached hydrogen (secondary N) is 1. The molecule has 5 nitrogen and oxygen atoms in total. The van der Waals surface area contributed by atoms with Gasteiger partial charge >= 0.3 is 0 Å². The highest BCUT2D eigenvalue weighted by Crippen LogP contribution is 2.05. The minimum Gasteiger partial charge on any atom is -0.385 e. The number of piperazine rings is 1. The Bertz CT molecular complexity index is 670. The monoisotopic (exact) mass is 355 g/mol. The second-order valence-corrected chi connectivity index (χ2v) is 6.77. The number of aliphatic hydroxyl groups is 1. The van der Waals surface area contributed by atoms with E-state index in [-0.39, 0.29) is 5.91 Å². The van der Waals surface area contributed by atoms with Crippen LogP contribution in [0.3, 0.4) is 0 Å². The molecule has 1 heterocycles. The fraction of sp³-hybridized carbons (Fsp3) is 0.381. The van der Waals surface area contributed by atoms with E-state index < -0.39 is 6.10 Å². The molecule has 1 atom stereocenters. The van der Waals surface area contributed by atoms with Crippen molar-refractivity contribution < 1.29 is 19.5 Å². The van der Waals surface area contributed by atoms with Crippen molar-refractivity contribution in [3.05, 3.63) is 71.8 Å². The number of amides is 1. The molecule has 26 heavy (non-hydrogen) atoms. The van der Waals surface area contributed by atoms with Crippen molar-refractivity contribution in [2.75, 3.05) is 39.3 Å². The zero-order valence-corrected chi connectivity index (χ0v) is 15.0. The van der Waals surface area contributed by atoms with Gasteiger partial charge in [0, 0.05) is 5.56 Å². The molecule has 0 aliphatic carbocycles. The van der Waals surface area contributed by atoms with Crippen molar-refractivity contribution in [1.82, 2.24) is 4.90 Å². The SMILES string of the molecule is O=C(c1ccccc1)N1CC[NH+](C[C@@H](O)COCc2ccccc2)CC1. The van der Waals surface area contributed by atoms with Gasteiger partial charge in [-0.25, -0.2) is 0 Å². The zero-order valence-electron chi connectivity index (χ0n) is 15.0. The van der Waals surface area contributed by atoms with E-state index in [1.807, 2.05) is 65.6 Å². The van der Waals surface area contributed by atoms with E-state index in [2.05, 4.69) is 0 Å². The number of hydrogen-bond donors (Lipinski definition) is 2. The molecule has 0 unspecified atom stereocenters. The average molecular weight is 355 g/mol. The lowest BCUT2D eigenvalue weighted by Gasteiger charge is -2.33. The number of quaternary nitrogens is 1. The number of carbonyl (C=O) groups is 1. The number of hydrogen-bond acceptors (Lipinski definition) is 3. The molecule has 1 aliphatic heterocycles. The predicted molar refractivity (Wildman–Crippen MR) is 100 cm³/mol. The minimum absolute atomic E-state index is 0.0939. The molecule has 1 amide bonds. The van der Waals surface area contributed by atoms with Gasteiger partial charge in [0.15, 0.2) is 0 Å². The maximum atomic E-state index is 12.5. The molecule has 0 spiro atoms. The Hall–Kier alpha value is -2.21. The smallest absolute Gasteiger partial charge is 0.254 e. The molecule has 2 N–H and O–H groups in total. The van der Waals surface area contributed by atoms with Gasteiger partial charge in [-0.3, -0.25) is 4.79 Å². The number of benzene rings is 2.